The highest BCUT2D eigenvalue weighted by molar-refractivity contribution is 5.56. The van der Waals surface area contributed by atoms with E-state index >= 15 is 0 Å². The molecule has 3 aromatic heterocycles. The van der Waals surface area contributed by atoms with Gasteiger partial charge in [0.05, 0.1) is 11.4 Å². The van der Waals surface area contributed by atoms with E-state index in [-0.39, 0.29) is 0 Å². The molecule has 20 heavy (non-hydrogen) atoms. The molecule has 3 aromatic rings. The topological polar surface area (TPSA) is 60.6 Å². The Morgan fingerprint density at radius 3 is 2.85 bits per heavy atom. The maximum atomic E-state index is 4.38. The van der Waals surface area contributed by atoms with Crippen molar-refractivity contribution >= 4 is 5.69 Å². The molecule has 0 aliphatic heterocycles. The Kier molecular flexibility index (Phi) is 3.20. The van der Waals surface area contributed by atoms with Gasteiger partial charge in [0.15, 0.2) is 5.82 Å². The molecule has 0 saturated carbocycles. The van der Waals surface area contributed by atoms with Gasteiger partial charge in [-0.1, -0.05) is 0 Å². The van der Waals surface area contributed by atoms with Crippen LogP contribution < -0.4 is 5.32 Å². The summed E-state index contributed by atoms with van der Waals surface area (Å²) in [5.41, 5.74) is 3.15. The first-order valence-corrected chi connectivity index (χ1v) is 6.42. The van der Waals surface area contributed by atoms with Gasteiger partial charge < -0.3 is 5.32 Å². The van der Waals surface area contributed by atoms with Crippen LogP contribution in [0.2, 0.25) is 0 Å². The lowest BCUT2D eigenvalue weighted by atomic mass is 10.2. The van der Waals surface area contributed by atoms with Crippen LogP contribution in [0.15, 0.2) is 43.0 Å². The molecule has 0 radical (unpaired) electrons. The molecule has 0 spiro atoms. The fourth-order valence-corrected chi connectivity index (χ4v) is 2.12. The van der Waals surface area contributed by atoms with Crippen LogP contribution in [0.1, 0.15) is 11.3 Å². The molecule has 0 bridgehead atoms. The van der Waals surface area contributed by atoms with E-state index in [1.807, 2.05) is 49.2 Å². The lowest BCUT2D eigenvalue weighted by Gasteiger charge is -2.10. The van der Waals surface area contributed by atoms with Crippen molar-refractivity contribution in [1.82, 2.24) is 24.5 Å². The number of aromatic nitrogens is 5. The average Bonchev–Trinajstić information content (AvgIpc) is 3.07. The van der Waals surface area contributed by atoms with Crippen LogP contribution in [0.4, 0.5) is 5.69 Å². The van der Waals surface area contributed by atoms with E-state index in [1.54, 1.807) is 17.1 Å². The number of aryl methyl sites for hydroxylation is 2. The third-order valence-corrected chi connectivity index (χ3v) is 3.09. The van der Waals surface area contributed by atoms with Gasteiger partial charge in [0.1, 0.15) is 0 Å². The van der Waals surface area contributed by atoms with Crippen LogP contribution in [0, 0.1) is 6.92 Å². The smallest absolute Gasteiger partial charge is 0.176 e. The third kappa shape index (κ3) is 2.40. The first-order chi connectivity index (χ1) is 9.74. The van der Waals surface area contributed by atoms with Crippen LogP contribution in [-0.4, -0.2) is 24.5 Å². The molecule has 0 saturated heterocycles. The minimum atomic E-state index is 0.708. The number of nitrogens with one attached hydrogen (secondary N) is 1. The van der Waals surface area contributed by atoms with Gasteiger partial charge in [-0.05, 0) is 25.1 Å². The normalized spacial score (nSPS) is 10.7. The standard InChI is InChI=1S/C14H16N6/c1-11-12(10-19(2)18-11)9-16-13-5-3-6-15-14(13)20-8-4-7-17-20/h3-8,10,16H,9H2,1-2H3. The molecular formula is C14H16N6. The molecule has 6 nitrogen and oxygen atoms in total. The molecule has 6 heteroatoms. The van der Waals surface area contributed by atoms with Crippen molar-refractivity contribution in [2.75, 3.05) is 5.32 Å². The fraction of sp³-hybridized carbons (Fsp3) is 0.214. The minimum absolute atomic E-state index is 0.708. The lowest BCUT2D eigenvalue weighted by molar-refractivity contribution is 0.756. The van der Waals surface area contributed by atoms with Gasteiger partial charge in [-0.3, -0.25) is 4.68 Å². The number of rotatable bonds is 4. The highest BCUT2D eigenvalue weighted by Crippen LogP contribution is 2.17. The van der Waals surface area contributed by atoms with Crippen LogP contribution >= 0.6 is 0 Å². The van der Waals surface area contributed by atoms with E-state index in [9.17, 15) is 0 Å². The van der Waals surface area contributed by atoms with Crippen molar-refractivity contribution in [2.24, 2.45) is 7.05 Å². The zero-order valence-corrected chi connectivity index (χ0v) is 11.5. The first-order valence-electron chi connectivity index (χ1n) is 6.42. The highest BCUT2D eigenvalue weighted by Gasteiger charge is 2.07. The maximum absolute atomic E-state index is 4.38. The quantitative estimate of drug-likeness (QED) is 0.785. The van der Waals surface area contributed by atoms with Gasteiger partial charge in [-0.15, -0.1) is 0 Å². The maximum Gasteiger partial charge on any atom is 0.176 e. The number of hydrogen-bond donors (Lipinski definition) is 1. The highest BCUT2D eigenvalue weighted by atomic mass is 15.3. The summed E-state index contributed by atoms with van der Waals surface area (Å²) in [5.74, 6) is 0.791. The second kappa shape index (κ2) is 5.16. The second-order valence-electron chi connectivity index (χ2n) is 4.59. The van der Waals surface area contributed by atoms with Crippen molar-refractivity contribution in [2.45, 2.75) is 13.5 Å². The summed E-state index contributed by atoms with van der Waals surface area (Å²) >= 11 is 0. The summed E-state index contributed by atoms with van der Waals surface area (Å²) in [7, 11) is 1.93. The van der Waals surface area contributed by atoms with Gasteiger partial charge >= 0.3 is 0 Å². The summed E-state index contributed by atoms with van der Waals surface area (Å²) < 4.78 is 3.57. The minimum Gasteiger partial charge on any atom is -0.378 e. The molecule has 3 rings (SSSR count). The molecule has 0 aliphatic rings. The molecule has 1 N–H and O–H groups in total. The van der Waals surface area contributed by atoms with Gasteiger partial charge in [-0.2, -0.15) is 10.2 Å². The number of hydrogen-bond acceptors (Lipinski definition) is 4. The average molecular weight is 268 g/mol. The molecule has 102 valence electrons. The van der Waals surface area contributed by atoms with Gasteiger partial charge in [0, 0.05) is 43.9 Å². The Hall–Kier alpha value is -2.63. The van der Waals surface area contributed by atoms with Crippen LogP contribution in [0.25, 0.3) is 5.82 Å². The largest absolute Gasteiger partial charge is 0.378 e. The number of nitrogens with zero attached hydrogens (tertiary/aromatic N) is 5. The van der Waals surface area contributed by atoms with E-state index in [1.165, 1.54) is 5.56 Å². The predicted molar refractivity (Wildman–Crippen MR) is 76.6 cm³/mol. The Morgan fingerprint density at radius 1 is 1.25 bits per heavy atom. The van der Waals surface area contributed by atoms with E-state index < -0.39 is 0 Å². The van der Waals surface area contributed by atoms with E-state index in [2.05, 4.69) is 20.5 Å². The van der Waals surface area contributed by atoms with Gasteiger partial charge in [0.2, 0.25) is 0 Å². The number of anilines is 1. The summed E-state index contributed by atoms with van der Waals surface area (Å²) in [4.78, 5) is 4.38. The molecule has 0 aliphatic carbocycles. The van der Waals surface area contributed by atoms with Crippen molar-refractivity contribution in [3.63, 3.8) is 0 Å². The van der Waals surface area contributed by atoms with Crippen LogP contribution in [-0.2, 0) is 13.6 Å². The summed E-state index contributed by atoms with van der Waals surface area (Å²) in [5, 5.41) is 12.0. The Morgan fingerprint density at radius 2 is 2.15 bits per heavy atom. The second-order valence-corrected chi connectivity index (χ2v) is 4.59. The van der Waals surface area contributed by atoms with Crippen LogP contribution in [0.3, 0.4) is 0 Å². The number of pyridine rings is 1. The van der Waals surface area contributed by atoms with Crippen LogP contribution in [0.5, 0.6) is 0 Å². The predicted octanol–water partition coefficient (Wildman–Crippen LogP) is 1.92. The van der Waals surface area contributed by atoms with Crippen molar-refractivity contribution < 1.29 is 0 Å². The van der Waals surface area contributed by atoms with Gasteiger partial charge in [0.25, 0.3) is 0 Å². The molecule has 3 heterocycles. The monoisotopic (exact) mass is 268 g/mol. The SMILES string of the molecule is Cc1nn(C)cc1CNc1cccnc1-n1cccn1. The van der Waals surface area contributed by atoms with E-state index in [0.717, 1.165) is 17.2 Å². The molecule has 0 aromatic carbocycles. The molecule has 0 fully saturated rings. The third-order valence-electron chi connectivity index (χ3n) is 3.09. The fourth-order valence-electron chi connectivity index (χ4n) is 2.12. The molecule has 0 unspecified atom stereocenters. The molecule has 0 atom stereocenters. The van der Waals surface area contributed by atoms with Crippen molar-refractivity contribution in [1.29, 1.82) is 0 Å². The zero-order valence-electron chi connectivity index (χ0n) is 11.5. The Labute approximate surface area is 117 Å². The summed E-state index contributed by atoms with van der Waals surface area (Å²) in [6.07, 6.45) is 7.40. The lowest BCUT2D eigenvalue weighted by Crippen LogP contribution is -2.06. The molecular weight excluding hydrogens is 252 g/mol. The van der Waals surface area contributed by atoms with E-state index in [4.69, 9.17) is 0 Å². The summed E-state index contributed by atoms with van der Waals surface area (Å²) in [6, 6.07) is 5.78. The summed E-state index contributed by atoms with van der Waals surface area (Å²) in [6.45, 7) is 2.72. The van der Waals surface area contributed by atoms with E-state index in [0.29, 0.717) is 6.54 Å². The van der Waals surface area contributed by atoms with Crippen molar-refractivity contribution in [3.8, 4) is 5.82 Å². The Bertz CT molecular complexity index is 698. The zero-order chi connectivity index (χ0) is 13.9. The Balaban J connectivity index is 1.83. The van der Waals surface area contributed by atoms with Gasteiger partial charge in [-0.25, -0.2) is 9.67 Å². The van der Waals surface area contributed by atoms with Crippen molar-refractivity contribution in [3.05, 3.63) is 54.2 Å². The first kappa shape index (κ1) is 12.4. The molecule has 0 amide bonds.